The zero-order valence-corrected chi connectivity index (χ0v) is 74.0. The van der Waals surface area contributed by atoms with Gasteiger partial charge in [-0.15, -0.1) is 0 Å². The summed E-state index contributed by atoms with van der Waals surface area (Å²) in [5, 5.41) is 121. The molecule has 1 atom stereocenters. The molecule has 4 bridgehead atoms. The van der Waals surface area contributed by atoms with Crippen LogP contribution in [0.3, 0.4) is 0 Å². The lowest BCUT2D eigenvalue weighted by Crippen LogP contribution is -2.58. The van der Waals surface area contributed by atoms with Crippen LogP contribution in [0, 0.1) is 74.0 Å². The van der Waals surface area contributed by atoms with Crippen LogP contribution in [-0.4, -0.2) is 202 Å². The number of aromatic carboxylic acids is 6. The lowest BCUT2D eigenvalue weighted by atomic mass is 9.50. The van der Waals surface area contributed by atoms with Gasteiger partial charge >= 0.3 is 78.0 Å². The highest BCUT2D eigenvalue weighted by atomic mass is 19.1. The van der Waals surface area contributed by atoms with Gasteiger partial charge in [0.25, 0.3) is 0 Å². The van der Waals surface area contributed by atoms with Crippen LogP contribution < -0.4 is 54.0 Å². The minimum Gasteiger partial charge on any atom is -0.872 e. The Kier molecular flexibility index (Phi) is 42.7. The van der Waals surface area contributed by atoms with Crippen LogP contribution >= 0.6 is 0 Å². The molecule has 0 spiro atoms. The number of hydrogen-bond donors (Lipinski definition) is 7. The van der Waals surface area contributed by atoms with Gasteiger partial charge < -0.3 is 132 Å². The lowest BCUT2D eigenvalue weighted by molar-refractivity contribution is -0.269. The predicted molar refractivity (Wildman–Crippen MR) is 447 cm³/mol. The first kappa shape index (κ1) is 113. The Labute approximate surface area is 752 Å². The highest BCUT2D eigenvalue weighted by Gasteiger charge is 2.57. The molecule has 41 heteroatoms. The first-order chi connectivity index (χ1) is 58.5. The first-order valence-electron chi connectivity index (χ1n) is 37.3. The number of phenols is 1. The summed E-state index contributed by atoms with van der Waals surface area (Å²) in [6.45, 7) is 9.84. The van der Waals surface area contributed by atoms with Crippen LogP contribution in [0.1, 0.15) is 150 Å². The maximum absolute atomic E-state index is 13.4. The van der Waals surface area contributed by atoms with E-state index in [0.717, 1.165) is 92.1 Å². The molecule has 708 valence electrons. The van der Waals surface area contributed by atoms with E-state index in [4.69, 9.17) is 78.0 Å². The number of aromatic hydroxyl groups is 1. The SMILES string of the molecule is CC(C)(C)OC(=O)COc1cc(C(=O)O)c([O-])cc1F.CC(C)(OC(=O)COc1ccc([O-])c(C(=O)O)c1)C(C)(C)OC(=O)COc1ccc(O)c(C(=O)O)c1.CC1(OC(=O)COc2ccc([O-])c(C(=O)O)c2)C2CC3CC(C2)CC1C3.COC(=O)COc1ccc2cc([O-])c(C(=O)O)cc2c1.O=C(OCOc1ccc([O-])c(C(=O)O)c1)OCC1COC(=O)O1.[CH3+].[CH3+].[CH3+].[CH3+].[CH3+].[CH3+]. The summed E-state index contributed by atoms with van der Waals surface area (Å²) < 4.78 is 88.6. The highest BCUT2D eigenvalue weighted by Crippen LogP contribution is 2.59. The Bertz CT molecular complexity index is 5060. The Balaban J connectivity index is 0.000000824. The van der Waals surface area contributed by atoms with Crippen molar-refractivity contribution in [1.29, 1.82) is 0 Å². The van der Waals surface area contributed by atoms with Crippen molar-refractivity contribution in [1.82, 2.24) is 0 Å². The van der Waals surface area contributed by atoms with E-state index in [1.807, 2.05) is 0 Å². The van der Waals surface area contributed by atoms with E-state index in [-0.39, 0.29) is 105 Å². The highest BCUT2D eigenvalue weighted by molar-refractivity contribution is 5.98. The molecule has 1 saturated heterocycles. The van der Waals surface area contributed by atoms with E-state index >= 15 is 0 Å². The summed E-state index contributed by atoms with van der Waals surface area (Å²) in [7, 11) is 1.25. The summed E-state index contributed by atoms with van der Waals surface area (Å²) in [5.41, 5.74) is -6.54. The van der Waals surface area contributed by atoms with Crippen LogP contribution in [0.15, 0.2) is 115 Å². The minimum absolute atomic E-state index is 0. The van der Waals surface area contributed by atoms with Gasteiger partial charge in [0.15, 0.2) is 50.7 Å². The molecule has 131 heavy (non-hydrogen) atoms. The maximum atomic E-state index is 13.4. The predicted octanol–water partition coefficient (Wildman–Crippen LogP) is 10.2. The number of hydrogen-bond acceptors (Lipinski definition) is 34. The number of benzene rings is 7. The molecule has 12 rings (SSSR count). The van der Waals surface area contributed by atoms with E-state index in [9.17, 15) is 97.4 Å². The van der Waals surface area contributed by atoms with Crippen molar-refractivity contribution < 1.29 is 199 Å². The maximum Gasteiger partial charge on any atom is 0.511 e. The van der Waals surface area contributed by atoms with Gasteiger partial charge in [0, 0.05) is 44.6 Å². The fraction of sp³-hybridized carbons (Fsp3) is 0.344. The standard InChI is InChI=1S/C24H26O12.C20H24O6.C14H12O6.C13H15FO6.C13H12O10.6CH3/c1-23(2,35-19(27)11-33-13-5-7-17(25)15(9-13)21(29)30)24(3,4)36-20(28)12-34-14-6-8-18(26)16(10-14)22(31)32;1-20(13-5-11-4-12(7-13)8-14(20)6-11)26-18(22)10-25-15-2-3-17(21)16(9-15)19(23)24;1-19-13(16)7-20-10-3-2-8-6-12(15)11(14(17)18)5-9(8)4-10;1-13(2,3)20-11(16)6-19-10-4-7(12(17)18)9(15)5-8(10)14;14-10-2-1-7(3-9(10)11(15)16)21-6-22-12(17)19-4-8-5-20-13(18)23-8;;;;;;/h5-10,25-26H,11-12H2,1-4H3,(H,29,30)(H,31,32);2-3,9,11-14,21H,4-8,10H2,1H3,(H,23,24);2-6,15H,7H2,1H3,(H,17,18);4-5,15H,6H2,1-3H3,(H,17,18);1-3,8,14H,4-6H2,(H,15,16);6*1H3/q;;;;;6*+1/p-5. The topological polar surface area (TPSA) is 617 Å². The van der Waals surface area contributed by atoms with Gasteiger partial charge in [-0.25, -0.2) is 66.7 Å². The molecule has 5 aliphatic rings. The number of carbonyl (C=O) groups excluding carboxylic acids is 7. The zero-order valence-electron chi connectivity index (χ0n) is 74.0. The van der Waals surface area contributed by atoms with Crippen molar-refractivity contribution in [3.8, 4) is 69.0 Å². The molecule has 40 nitrogen and oxygen atoms in total. The molecule has 1 heterocycles. The number of methoxy groups -OCH3 is 1. The monoisotopic (exact) mass is 1840 g/mol. The smallest absolute Gasteiger partial charge is 0.511 e. The number of carbonyl (C=O) groups is 13. The number of rotatable bonds is 30. The molecule has 7 N–H and O–H groups in total. The van der Waals surface area contributed by atoms with E-state index < -0.39 is 201 Å². The second-order valence-electron chi connectivity index (χ2n) is 29.9. The number of ether oxygens (including phenoxy) is 15. The van der Waals surface area contributed by atoms with Crippen molar-refractivity contribution in [2.24, 2.45) is 23.7 Å². The normalized spacial score (nSPS) is 16.0. The van der Waals surface area contributed by atoms with Gasteiger partial charge in [-0.2, -0.15) is 0 Å². The number of carboxylic acid groups (broad SMARTS) is 6. The van der Waals surface area contributed by atoms with Crippen LogP contribution in [0.5, 0.6) is 69.0 Å². The summed E-state index contributed by atoms with van der Waals surface area (Å²) in [6, 6.07) is 22.1. The summed E-state index contributed by atoms with van der Waals surface area (Å²) in [6.07, 6.45) is 3.29. The van der Waals surface area contributed by atoms with Gasteiger partial charge in [-0.1, -0.05) is 59.1 Å². The summed E-state index contributed by atoms with van der Waals surface area (Å²) >= 11 is 0. The van der Waals surface area contributed by atoms with Crippen molar-refractivity contribution >= 4 is 88.7 Å². The van der Waals surface area contributed by atoms with Crippen molar-refractivity contribution in [2.45, 2.75) is 116 Å². The molecule has 5 fully saturated rings. The third kappa shape index (κ3) is 32.9. The molecule has 0 amide bonds. The molecule has 0 aromatic heterocycles. The van der Waals surface area contributed by atoms with E-state index in [2.05, 4.69) is 30.6 Å². The average Bonchev–Trinajstić information content (AvgIpc) is 0.810. The molecule has 1 aliphatic heterocycles. The van der Waals surface area contributed by atoms with Crippen molar-refractivity contribution in [2.75, 3.05) is 60.2 Å². The molecule has 4 saturated carbocycles. The van der Waals surface area contributed by atoms with Crippen molar-refractivity contribution in [3.05, 3.63) is 199 Å². The fourth-order valence-corrected chi connectivity index (χ4v) is 12.8. The second-order valence-corrected chi connectivity index (χ2v) is 29.9. The van der Waals surface area contributed by atoms with Crippen LogP contribution in [0.4, 0.5) is 14.0 Å². The van der Waals surface area contributed by atoms with Gasteiger partial charge in [-0.3, -0.25) is 0 Å². The van der Waals surface area contributed by atoms with Crippen LogP contribution in [0.2, 0.25) is 0 Å². The van der Waals surface area contributed by atoms with Crippen LogP contribution in [0.25, 0.3) is 10.8 Å². The van der Waals surface area contributed by atoms with Gasteiger partial charge in [0.2, 0.25) is 6.79 Å². The quantitative estimate of drug-likeness (QED) is 0.00952. The third-order valence-corrected chi connectivity index (χ3v) is 19.3. The summed E-state index contributed by atoms with van der Waals surface area (Å²) in [4.78, 5) is 147. The number of esters is 5. The lowest BCUT2D eigenvalue weighted by Gasteiger charge is -2.59. The fourth-order valence-electron chi connectivity index (χ4n) is 12.8. The molecule has 0 radical (unpaired) electrons. The van der Waals surface area contributed by atoms with Gasteiger partial charge in [-0.05, 0) is 207 Å². The molecule has 7 aromatic carbocycles. The third-order valence-electron chi connectivity index (χ3n) is 19.3. The summed E-state index contributed by atoms with van der Waals surface area (Å²) in [5.74, 6) is -14.1. The Hall–Kier alpha value is -15.7. The Morgan fingerprint density at radius 2 is 0.802 bits per heavy atom. The van der Waals surface area contributed by atoms with Crippen LogP contribution in [-0.2, 0) is 66.6 Å². The van der Waals surface area contributed by atoms with Crippen molar-refractivity contribution in [3.63, 3.8) is 0 Å². The molecule has 4 aliphatic carbocycles. The number of halogens is 1. The zero-order chi connectivity index (χ0) is 92.8. The minimum atomic E-state index is -1.50. The molecular formula is C90H102FO40+. The molecule has 1 unspecified atom stereocenters. The Morgan fingerprint density at radius 3 is 1.23 bits per heavy atom. The number of fused-ring (bicyclic) bond motifs is 1. The number of carboxylic acids is 6. The largest absolute Gasteiger partial charge is 0.872 e. The van der Waals surface area contributed by atoms with E-state index in [1.165, 1.54) is 77.6 Å². The van der Waals surface area contributed by atoms with Gasteiger partial charge in [0.05, 0.1) is 34.9 Å². The van der Waals surface area contributed by atoms with E-state index in [0.29, 0.717) is 34.4 Å². The average molecular weight is 1840 g/mol. The number of cyclic esters (lactones) is 2. The van der Waals surface area contributed by atoms with E-state index in [1.54, 1.807) is 39.0 Å². The molecular weight excluding hydrogens is 1740 g/mol. The first-order valence-corrected chi connectivity index (χ1v) is 37.3. The second kappa shape index (κ2) is 49.4. The van der Waals surface area contributed by atoms with Gasteiger partial charge in [0.1, 0.15) is 75.7 Å². The Morgan fingerprint density at radius 1 is 0.427 bits per heavy atom. The molecule has 7 aromatic rings.